The van der Waals surface area contributed by atoms with Gasteiger partial charge in [-0.2, -0.15) is 5.26 Å². The molecule has 1 aromatic carbocycles. The minimum atomic E-state index is -0.0694. The van der Waals surface area contributed by atoms with Crippen LogP contribution in [0, 0.1) is 17.2 Å². The van der Waals surface area contributed by atoms with Gasteiger partial charge in [0.25, 0.3) is 0 Å². The van der Waals surface area contributed by atoms with E-state index in [1.54, 1.807) is 9.80 Å². The van der Waals surface area contributed by atoms with E-state index < -0.39 is 0 Å². The van der Waals surface area contributed by atoms with Gasteiger partial charge in [0.2, 0.25) is 5.91 Å². The normalized spacial score (nSPS) is 17.3. The van der Waals surface area contributed by atoms with Crippen LogP contribution in [0.25, 0.3) is 0 Å². The maximum absolute atomic E-state index is 12.5. The first-order valence-electron chi connectivity index (χ1n) is 7.23. The molecule has 2 rings (SSSR count). The van der Waals surface area contributed by atoms with Crippen molar-refractivity contribution < 1.29 is 4.79 Å². The van der Waals surface area contributed by atoms with E-state index in [9.17, 15) is 4.79 Å². The number of anilines is 2. The SMILES string of the molecule is CC1CCc2ccc(NC(=S)N(C)C)cc2N(CC#N)C1=O. The average Bonchev–Trinajstić information content (AvgIpc) is 2.60. The molecule has 0 radical (unpaired) electrons. The Morgan fingerprint density at radius 3 is 2.91 bits per heavy atom. The predicted octanol–water partition coefficient (Wildman–Crippen LogP) is 2.38. The van der Waals surface area contributed by atoms with Crippen molar-refractivity contribution in [2.24, 2.45) is 5.92 Å². The second-order valence-electron chi connectivity index (χ2n) is 5.69. The second-order valence-corrected chi connectivity index (χ2v) is 6.08. The van der Waals surface area contributed by atoms with Gasteiger partial charge >= 0.3 is 0 Å². The quantitative estimate of drug-likeness (QED) is 0.670. The van der Waals surface area contributed by atoms with E-state index in [4.69, 9.17) is 17.5 Å². The number of hydrogen-bond donors (Lipinski definition) is 1. The monoisotopic (exact) mass is 316 g/mol. The summed E-state index contributed by atoms with van der Waals surface area (Å²) >= 11 is 5.25. The summed E-state index contributed by atoms with van der Waals surface area (Å²) in [6.45, 7) is 1.98. The standard InChI is InChI=1S/C16H20N4OS/c1-11-4-5-12-6-7-13(18-16(22)19(2)3)10-14(12)20(9-8-17)15(11)21/h6-7,10-11H,4-5,9H2,1-3H3,(H,18,22). The van der Waals surface area contributed by atoms with Crippen LogP contribution in [0.4, 0.5) is 11.4 Å². The Morgan fingerprint density at radius 1 is 1.55 bits per heavy atom. The van der Waals surface area contributed by atoms with Crippen molar-refractivity contribution in [3.8, 4) is 6.07 Å². The fraction of sp³-hybridized carbons (Fsp3) is 0.438. The Balaban J connectivity index is 2.38. The summed E-state index contributed by atoms with van der Waals surface area (Å²) in [7, 11) is 3.73. The number of benzene rings is 1. The Hall–Kier alpha value is -2.13. The average molecular weight is 316 g/mol. The number of nitriles is 1. The topological polar surface area (TPSA) is 59.4 Å². The molecule has 1 unspecified atom stereocenters. The molecule has 0 aromatic heterocycles. The molecular formula is C16H20N4OS. The summed E-state index contributed by atoms with van der Waals surface area (Å²) in [6.07, 6.45) is 1.64. The van der Waals surface area contributed by atoms with Crippen LogP contribution in [0.2, 0.25) is 0 Å². The van der Waals surface area contributed by atoms with Crippen molar-refractivity contribution in [1.29, 1.82) is 5.26 Å². The van der Waals surface area contributed by atoms with E-state index in [2.05, 4.69) is 11.4 Å². The van der Waals surface area contributed by atoms with Crippen molar-refractivity contribution in [3.05, 3.63) is 23.8 Å². The van der Waals surface area contributed by atoms with Gasteiger partial charge in [-0.15, -0.1) is 0 Å². The molecule has 6 heteroatoms. The van der Waals surface area contributed by atoms with Gasteiger partial charge < -0.3 is 10.2 Å². The number of carbonyl (C=O) groups is 1. The molecule has 0 bridgehead atoms. The van der Waals surface area contributed by atoms with Crippen molar-refractivity contribution in [2.75, 3.05) is 30.9 Å². The maximum atomic E-state index is 12.5. The zero-order chi connectivity index (χ0) is 16.3. The van der Waals surface area contributed by atoms with Crippen LogP contribution >= 0.6 is 12.2 Å². The summed E-state index contributed by atoms with van der Waals surface area (Å²) in [5.74, 6) is -0.0624. The summed E-state index contributed by atoms with van der Waals surface area (Å²) in [4.78, 5) is 15.8. The van der Waals surface area contributed by atoms with Crippen molar-refractivity contribution in [3.63, 3.8) is 0 Å². The number of aryl methyl sites for hydroxylation is 1. The summed E-state index contributed by atoms with van der Waals surface area (Å²) in [5, 5.41) is 12.8. The van der Waals surface area contributed by atoms with Gasteiger partial charge in [-0.3, -0.25) is 9.69 Å². The minimum absolute atomic E-state index is 0.00707. The van der Waals surface area contributed by atoms with Gasteiger partial charge in [0.1, 0.15) is 6.54 Å². The van der Waals surface area contributed by atoms with Crippen LogP contribution in [0.15, 0.2) is 18.2 Å². The Labute approximate surface area is 136 Å². The molecule has 5 nitrogen and oxygen atoms in total. The van der Waals surface area contributed by atoms with Crippen LogP contribution in [0.3, 0.4) is 0 Å². The maximum Gasteiger partial charge on any atom is 0.230 e. The first-order chi connectivity index (χ1) is 10.4. The predicted molar refractivity (Wildman–Crippen MR) is 91.8 cm³/mol. The van der Waals surface area contributed by atoms with Gasteiger partial charge in [-0.25, -0.2) is 0 Å². The third-order valence-corrected chi connectivity index (χ3v) is 4.26. The molecule has 1 aliphatic heterocycles. The number of rotatable bonds is 2. The molecule has 1 N–H and O–H groups in total. The van der Waals surface area contributed by atoms with E-state index in [1.165, 1.54) is 0 Å². The number of carbonyl (C=O) groups excluding carboxylic acids is 1. The highest BCUT2D eigenvalue weighted by atomic mass is 32.1. The van der Waals surface area contributed by atoms with Gasteiger partial charge in [0, 0.05) is 25.7 Å². The smallest absolute Gasteiger partial charge is 0.230 e. The van der Waals surface area contributed by atoms with Crippen LogP contribution in [0.5, 0.6) is 0 Å². The van der Waals surface area contributed by atoms with Crippen molar-refractivity contribution >= 4 is 34.6 Å². The fourth-order valence-corrected chi connectivity index (χ4v) is 2.57. The van der Waals surface area contributed by atoms with Crippen molar-refractivity contribution in [2.45, 2.75) is 19.8 Å². The third-order valence-electron chi connectivity index (χ3n) is 3.80. The van der Waals surface area contributed by atoms with Crippen LogP contribution in [-0.2, 0) is 11.2 Å². The molecule has 22 heavy (non-hydrogen) atoms. The fourth-order valence-electron chi connectivity index (χ4n) is 2.45. The number of fused-ring (bicyclic) bond motifs is 1. The molecule has 0 saturated heterocycles. The third kappa shape index (κ3) is 3.37. The number of hydrogen-bond acceptors (Lipinski definition) is 3. The lowest BCUT2D eigenvalue weighted by Gasteiger charge is -2.23. The molecule has 0 fully saturated rings. The Bertz CT molecular complexity index is 636. The van der Waals surface area contributed by atoms with Crippen molar-refractivity contribution in [1.82, 2.24) is 4.90 Å². The lowest BCUT2D eigenvalue weighted by Crippen LogP contribution is -2.34. The molecule has 0 saturated carbocycles. The summed E-state index contributed by atoms with van der Waals surface area (Å²) < 4.78 is 0. The number of nitrogens with zero attached hydrogens (tertiary/aromatic N) is 3. The molecule has 1 atom stereocenters. The van der Waals surface area contributed by atoms with E-state index in [1.807, 2.05) is 39.2 Å². The number of thiocarbonyl (C=S) groups is 1. The molecular weight excluding hydrogens is 296 g/mol. The first-order valence-corrected chi connectivity index (χ1v) is 7.64. The molecule has 0 aliphatic carbocycles. The number of amides is 1. The highest BCUT2D eigenvalue weighted by Gasteiger charge is 2.27. The Morgan fingerprint density at radius 2 is 2.27 bits per heavy atom. The van der Waals surface area contributed by atoms with E-state index in [-0.39, 0.29) is 18.4 Å². The number of nitrogens with one attached hydrogen (secondary N) is 1. The van der Waals surface area contributed by atoms with Gasteiger partial charge in [-0.1, -0.05) is 13.0 Å². The van der Waals surface area contributed by atoms with Gasteiger partial charge in [0.15, 0.2) is 5.11 Å². The Kier molecular flexibility index (Phi) is 4.99. The minimum Gasteiger partial charge on any atom is -0.355 e. The molecule has 0 spiro atoms. The second kappa shape index (κ2) is 6.75. The van der Waals surface area contributed by atoms with Gasteiger partial charge in [0.05, 0.1) is 11.8 Å². The van der Waals surface area contributed by atoms with Gasteiger partial charge in [-0.05, 0) is 42.8 Å². The zero-order valence-corrected chi connectivity index (χ0v) is 13.9. The molecule has 1 heterocycles. The first kappa shape index (κ1) is 16.2. The summed E-state index contributed by atoms with van der Waals surface area (Å²) in [5.41, 5.74) is 2.72. The molecule has 1 aromatic rings. The van der Waals surface area contributed by atoms with Crippen LogP contribution in [0.1, 0.15) is 18.9 Å². The highest BCUT2D eigenvalue weighted by molar-refractivity contribution is 7.80. The molecule has 116 valence electrons. The molecule has 1 amide bonds. The summed E-state index contributed by atoms with van der Waals surface area (Å²) in [6, 6.07) is 7.95. The van der Waals surface area contributed by atoms with E-state index >= 15 is 0 Å². The lowest BCUT2D eigenvalue weighted by molar-refractivity contribution is -0.121. The van der Waals surface area contributed by atoms with Crippen LogP contribution in [-0.4, -0.2) is 36.6 Å². The lowest BCUT2D eigenvalue weighted by atomic mass is 10.0. The largest absolute Gasteiger partial charge is 0.355 e. The van der Waals surface area contributed by atoms with E-state index in [0.29, 0.717) is 5.11 Å². The van der Waals surface area contributed by atoms with Crippen LogP contribution < -0.4 is 10.2 Å². The van der Waals surface area contributed by atoms with E-state index in [0.717, 1.165) is 29.8 Å². The zero-order valence-electron chi connectivity index (χ0n) is 13.1. The highest BCUT2D eigenvalue weighted by Crippen LogP contribution is 2.31. The molecule has 1 aliphatic rings.